The summed E-state index contributed by atoms with van der Waals surface area (Å²) in [6.45, 7) is 1.29. The molecule has 1 aliphatic rings. The van der Waals surface area contributed by atoms with Gasteiger partial charge in [0, 0.05) is 17.5 Å². The van der Waals surface area contributed by atoms with Crippen LogP contribution in [0.2, 0.25) is 5.02 Å². The molecule has 0 fully saturated rings. The normalized spacial score (nSPS) is 15.6. The van der Waals surface area contributed by atoms with Crippen molar-refractivity contribution in [2.45, 2.75) is 12.5 Å². The lowest BCUT2D eigenvalue weighted by Crippen LogP contribution is -2.17. The summed E-state index contributed by atoms with van der Waals surface area (Å²) < 4.78 is 17.7. The van der Waals surface area contributed by atoms with Crippen LogP contribution in [0.3, 0.4) is 0 Å². The van der Waals surface area contributed by atoms with Crippen LogP contribution >= 0.6 is 27.5 Å². The molecule has 21 heavy (non-hydrogen) atoms. The van der Waals surface area contributed by atoms with Crippen LogP contribution in [-0.4, -0.2) is 20.3 Å². The molecule has 1 N–H and O–H groups in total. The zero-order chi connectivity index (χ0) is 14.8. The van der Waals surface area contributed by atoms with Crippen molar-refractivity contribution in [3.8, 4) is 11.5 Å². The Kier molecular flexibility index (Phi) is 4.42. The van der Waals surface area contributed by atoms with Gasteiger partial charge in [-0.1, -0.05) is 11.6 Å². The molecule has 0 saturated carbocycles. The summed E-state index contributed by atoms with van der Waals surface area (Å²) in [4.78, 5) is 0. The van der Waals surface area contributed by atoms with Gasteiger partial charge in [0.25, 0.3) is 0 Å². The van der Waals surface area contributed by atoms with Gasteiger partial charge in [-0.2, -0.15) is 0 Å². The maximum atomic E-state index is 6.42. The van der Waals surface area contributed by atoms with Crippen molar-refractivity contribution >= 4 is 27.5 Å². The number of hydrogen-bond acceptors (Lipinski definition) is 4. The minimum Gasteiger partial charge on any atom is -0.490 e. The van der Waals surface area contributed by atoms with Crippen molar-refractivity contribution in [1.29, 1.82) is 0 Å². The van der Waals surface area contributed by atoms with Gasteiger partial charge in [0.05, 0.1) is 19.3 Å². The molecular formula is C15H15BrClNO3. The lowest BCUT2D eigenvalue weighted by molar-refractivity contribution is 0.297. The first-order chi connectivity index (χ1) is 10.2. The van der Waals surface area contributed by atoms with Gasteiger partial charge < -0.3 is 19.2 Å². The topological polar surface area (TPSA) is 43.6 Å². The van der Waals surface area contributed by atoms with E-state index in [1.807, 2.05) is 25.2 Å². The number of furan rings is 1. The van der Waals surface area contributed by atoms with Crippen molar-refractivity contribution < 1.29 is 13.9 Å². The summed E-state index contributed by atoms with van der Waals surface area (Å²) in [5.41, 5.74) is 0.894. The Morgan fingerprint density at radius 3 is 2.52 bits per heavy atom. The average Bonchev–Trinajstić information content (AvgIpc) is 2.76. The fourth-order valence-electron chi connectivity index (χ4n) is 2.36. The van der Waals surface area contributed by atoms with Crippen molar-refractivity contribution in [1.82, 2.24) is 5.32 Å². The molecule has 0 saturated heterocycles. The Balaban J connectivity index is 2.02. The summed E-state index contributed by atoms with van der Waals surface area (Å²) in [7, 11) is 1.86. The molecule has 1 unspecified atom stereocenters. The van der Waals surface area contributed by atoms with E-state index in [2.05, 4.69) is 21.2 Å². The number of rotatable bonds is 3. The van der Waals surface area contributed by atoms with Gasteiger partial charge in [0.2, 0.25) is 0 Å². The molecule has 1 aromatic carbocycles. The SMILES string of the molecule is CNC(c1ccc(Br)o1)c1cc2c(cc1Cl)OCCCO2. The van der Waals surface area contributed by atoms with Gasteiger partial charge in [-0.05, 0) is 46.7 Å². The first kappa shape index (κ1) is 14.8. The second-order valence-electron chi connectivity index (χ2n) is 4.73. The van der Waals surface area contributed by atoms with Crippen LogP contribution in [0.25, 0.3) is 0 Å². The van der Waals surface area contributed by atoms with E-state index in [1.165, 1.54) is 0 Å². The van der Waals surface area contributed by atoms with Gasteiger partial charge in [-0.15, -0.1) is 0 Å². The highest BCUT2D eigenvalue weighted by Gasteiger charge is 2.22. The highest BCUT2D eigenvalue weighted by Crippen LogP contribution is 2.39. The van der Waals surface area contributed by atoms with Crippen LogP contribution in [-0.2, 0) is 0 Å². The molecule has 4 nitrogen and oxygen atoms in total. The number of hydrogen-bond donors (Lipinski definition) is 1. The third kappa shape index (κ3) is 3.05. The summed E-state index contributed by atoms with van der Waals surface area (Å²) in [5.74, 6) is 2.19. The molecule has 3 rings (SSSR count). The number of nitrogens with one attached hydrogen (secondary N) is 1. The maximum absolute atomic E-state index is 6.42. The molecule has 0 amide bonds. The lowest BCUT2D eigenvalue weighted by atomic mass is 10.0. The van der Waals surface area contributed by atoms with E-state index in [0.717, 1.165) is 23.5 Å². The van der Waals surface area contributed by atoms with Crippen LogP contribution in [0.5, 0.6) is 11.5 Å². The van der Waals surface area contributed by atoms with Crippen LogP contribution < -0.4 is 14.8 Å². The number of ether oxygens (including phenoxy) is 2. The molecule has 0 spiro atoms. The standard InChI is InChI=1S/C15H15BrClNO3/c1-18-15(11-3-4-14(16)21-11)9-7-12-13(8-10(9)17)20-6-2-5-19-12/h3-4,7-8,15,18H,2,5-6H2,1H3. The van der Waals surface area contributed by atoms with Crippen molar-refractivity contribution in [3.63, 3.8) is 0 Å². The van der Waals surface area contributed by atoms with E-state index in [1.54, 1.807) is 6.07 Å². The minimum atomic E-state index is -0.152. The first-order valence-electron chi connectivity index (χ1n) is 6.70. The van der Waals surface area contributed by atoms with E-state index in [0.29, 0.717) is 28.7 Å². The third-order valence-corrected chi connectivity index (χ3v) is 4.10. The average molecular weight is 373 g/mol. The summed E-state index contributed by atoms with van der Waals surface area (Å²) in [6, 6.07) is 7.34. The largest absolute Gasteiger partial charge is 0.490 e. The van der Waals surface area contributed by atoms with Gasteiger partial charge in [-0.3, -0.25) is 0 Å². The quantitative estimate of drug-likeness (QED) is 0.878. The van der Waals surface area contributed by atoms with Crippen molar-refractivity contribution in [2.24, 2.45) is 0 Å². The highest BCUT2D eigenvalue weighted by molar-refractivity contribution is 9.10. The predicted molar refractivity (Wildman–Crippen MR) is 84.4 cm³/mol. The summed E-state index contributed by atoms with van der Waals surface area (Å²) in [6.07, 6.45) is 0.863. The Bertz CT molecular complexity index is 644. The highest BCUT2D eigenvalue weighted by atomic mass is 79.9. The molecule has 1 atom stereocenters. The van der Waals surface area contributed by atoms with Gasteiger partial charge in [0.1, 0.15) is 5.76 Å². The molecule has 112 valence electrons. The summed E-state index contributed by atoms with van der Waals surface area (Å²) >= 11 is 9.73. The molecule has 1 aliphatic heterocycles. The van der Waals surface area contributed by atoms with Gasteiger partial charge in [0.15, 0.2) is 16.2 Å². The van der Waals surface area contributed by atoms with Crippen LogP contribution in [0, 0.1) is 0 Å². The number of halogens is 2. The van der Waals surface area contributed by atoms with Crippen LogP contribution in [0.15, 0.2) is 33.4 Å². The van der Waals surface area contributed by atoms with E-state index >= 15 is 0 Å². The lowest BCUT2D eigenvalue weighted by Gasteiger charge is -2.18. The molecule has 2 aromatic rings. The zero-order valence-corrected chi connectivity index (χ0v) is 13.8. The second kappa shape index (κ2) is 6.30. The van der Waals surface area contributed by atoms with Crippen LogP contribution in [0.4, 0.5) is 0 Å². The Labute approximate surface area is 136 Å². The molecular weight excluding hydrogens is 358 g/mol. The van der Waals surface area contributed by atoms with E-state index < -0.39 is 0 Å². The Morgan fingerprint density at radius 2 is 1.90 bits per heavy atom. The zero-order valence-electron chi connectivity index (χ0n) is 11.5. The fraction of sp³-hybridized carbons (Fsp3) is 0.333. The van der Waals surface area contributed by atoms with Crippen molar-refractivity contribution in [2.75, 3.05) is 20.3 Å². The minimum absolute atomic E-state index is 0.152. The fourth-order valence-corrected chi connectivity index (χ4v) is 2.94. The monoisotopic (exact) mass is 371 g/mol. The predicted octanol–water partition coefficient (Wildman–Crippen LogP) is 4.17. The van der Waals surface area contributed by atoms with Crippen LogP contribution in [0.1, 0.15) is 23.8 Å². The second-order valence-corrected chi connectivity index (χ2v) is 5.92. The van der Waals surface area contributed by atoms with E-state index in [9.17, 15) is 0 Å². The molecule has 0 aliphatic carbocycles. The molecule has 6 heteroatoms. The molecule has 0 radical (unpaired) electrons. The molecule has 0 bridgehead atoms. The van der Waals surface area contributed by atoms with E-state index in [-0.39, 0.29) is 6.04 Å². The Hall–Kier alpha value is -1.17. The molecule has 2 heterocycles. The van der Waals surface area contributed by atoms with Crippen molar-refractivity contribution in [3.05, 3.63) is 45.3 Å². The maximum Gasteiger partial charge on any atom is 0.169 e. The first-order valence-corrected chi connectivity index (χ1v) is 7.87. The Morgan fingerprint density at radius 1 is 1.19 bits per heavy atom. The van der Waals surface area contributed by atoms with Gasteiger partial charge in [-0.25, -0.2) is 0 Å². The summed E-state index contributed by atoms with van der Waals surface area (Å²) in [5, 5.41) is 3.83. The number of fused-ring (bicyclic) bond motifs is 1. The number of benzene rings is 1. The van der Waals surface area contributed by atoms with Gasteiger partial charge >= 0.3 is 0 Å². The third-order valence-electron chi connectivity index (χ3n) is 3.35. The molecule has 1 aromatic heterocycles. The van der Waals surface area contributed by atoms with E-state index in [4.69, 9.17) is 25.5 Å². The smallest absolute Gasteiger partial charge is 0.169 e.